The monoisotopic (exact) mass is 384 g/mol. The minimum atomic E-state index is -0.745. The summed E-state index contributed by atoms with van der Waals surface area (Å²) in [5.41, 5.74) is 0. The molecule has 5 nitrogen and oxygen atoms in total. The van der Waals surface area contributed by atoms with Gasteiger partial charge in [0.15, 0.2) is 0 Å². The molecule has 2 heterocycles. The predicted molar refractivity (Wildman–Crippen MR) is 106 cm³/mol. The lowest BCUT2D eigenvalue weighted by atomic mass is 9.75. The van der Waals surface area contributed by atoms with Crippen LogP contribution in [0.15, 0.2) is 0 Å². The van der Waals surface area contributed by atoms with E-state index in [0.29, 0.717) is 37.1 Å². The van der Waals surface area contributed by atoms with Gasteiger partial charge in [0.2, 0.25) is 0 Å². The molecule has 4 atom stereocenters. The van der Waals surface area contributed by atoms with E-state index in [2.05, 4.69) is 6.92 Å². The zero-order valence-electron chi connectivity index (χ0n) is 17.2. The largest absolute Gasteiger partial charge is 0.481 e. The van der Waals surface area contributed by atoms with Gasteiger partial charge in [-0.2, -0.15) is 0 Å². The van der Waals surface area contributed by atoms with Gasteiger partial charge < -0.3 is 19.3 Å². The van der Waals surface area contributed by atoms with Crippen molar-refractivity contribution in [2.24, 2.45) is 11.8 Å². The van der Waals surface area contributed by atoms with Gasteiger partial charge in [-0.05, 0) is 56.8 Å². The van der Waals surface area contributed by atoms with Crippen molar-refractivity contribution in [1.29, 1.82) is 0 Å². The summed E-state index contributed by atoms with van der Waals surface area (Å²) in [6.45, 7) is 5.33. The molecule has 1 N–H and O–H groups in total. The first-order valence-corrected chi connectivity index (χ1v) is 11.2. The van der Waals surface area contributed by atoms with Gasteiger partial charge in [-0.1, -0.05) is 32.6 Å². The molecule has 0 saturated carbocycles. The molecular weight excluding hydrogens is 344 g/mol. The molecule has 2 saturated heterocycles. The highest BCUT2D eigenvalue weighted by molar-refractivity contribution is 5.66. The van der Waals surface area contributed by atoms with Gasteiger partial charge in [0, 0.05) is 32.8 Å². The highest BCUT2D eigenvalue weighted by atomic mass is 16.5. The number of rotatable bonds is 17. The second-order valence-electron chi connectivity index (χ2n) is 8.19. The summed E-state index contributed by atoms with van der Waals surface area (Å²) >= 11 is 0. The molecule has 2 rings (SSSR count). The lowest BCUT2D eigenvalue weighted by Crippen LogP contribution is -2.28. The molecule has 2 fully saturated rings. The van der Waals surface area contributed by atoms with E-state index in [1.54, 1.807) is 0 Å². The number of fused-ring (bicyclic) bond motifs is 2. The SMILES string of the molecule is CCCCCCOCCCC[C@@H]1[C@H](CCOCCCC(=O)O)[C@@H]2CC[C@H]1O2. The van der Waals surface area contributed by atoms with E-state index >= 15 is 0 Å². The lowest BCUT2D eigenvalue weighted by molar-refractivity contribution is -0.137. The number of hydrogen-bond acceptors (Lipinski definition) is 4. The third-order valence-electron chi connectivity index (χ3n) is 6.08. The molecular formula is C22H40O5. The van der Waals surface area contributed by atoms with Crippen LogP contribution in [0.2, 0.25) is 0 Å². The van der Waals surface area contributed by atoms with Gasteiger partial charge in [0.25, 0.3) is 0 Å². The van der Waals surface area contributed by atoms with Crippen LogP contribution in [0, 0.1) is 11.8 Å². The molecule has 2 aliphatic heterocycles. The summed E-state index contributed by atoms with van der Waals surface area (Å²) in [6.07, 6.45) is 13.9. The van der Waals surface area contributed by atoms with Crippen LogP contribution in [0.4, 0.5) is 0 Å². The normalized spacial score (nSPS) is 26.7. The number of ether oxygens (including phenoxy) is 3. The molecule has 27 heavy (non-hydrogen) atoms. The zero-order chi connectivity index (χ0) is 19.3. The number of aliphatic carboxylic acids is 1. The van der Waals surface area contributed by atoms with Crippen LogP contribution in [0.5, 0.6) is 0 Å². The van der Waals surface area contributed by atoms with Crippen LogP contribution < -0.4 is 0 Å². The third-order valence-corrected chi connectivity index (χ3v) is 6.08. The molecule has 0 unspecified atom stereocenters. The quantitative estimate of drug-likeness (QED) is 0.364. The van der Waals surface area contributed by atoms with Gasteiger partial charge >= 0.3 is 5.97 Å². The molecule has 0 radical (unpaired) electrons. The molecule has 0 aromatic carbocycles. The first-order valence-electron chi connectivity index (χ1n) is 11.2. The third kappa shape index (κ3) is 8.49. The number of unbranched alkanes of at least 4 members (excludes halogenated alkanes) is 4. The summed E-state index contributed by atoms with van der Waals surface area (Å²) in [7, 11) is 0. The van der Waals surface area contributed by atoms with Gasteiger partial charge in [0.1, 0.15) is 0 Å². The maximum atomic E-state index is 10.5. The number of hydrogen-bond donors (Lipinski definition) is 1. The van der Waals surface area contributed by atoms with E-state index in [-0.39, 0.29) is 6.42 Å². The molecule has 0 aromatic rings. The van der Waals surface area contributed by atoms with Crippen molar-refractivity contribution in [3.8, 4) is 0 Å². The van der Waals surface area contributed by atoms with Crippen LogP contribution in [0.25, 0.3) is 0 Å². The Labute approximate surface area is 165 Å². The van der Waals surface area contributed by atoms with Crippen LogP contribution in [-0.2, 0) is 19.0 Å². The Morgan fingerprint density at radius 2 is 1.48 bits per heavy atom. The molecule has 5 heteroatoms. The van der Waals surface area contributed by atoms with E-state index < -0.39 is 5.97 Å². The molecule has 0 spiro atoms. The second-order valence-corrected chi connectivity index (χ2v) is 8.19. The average Bonchev–Trinajstić information content (AvgIpc) is 3.25. The summed E-state index contributed by atoms with van der Waals surface area (Å²) in [4.78, 5) is 10.5. The maximum Gasteiger partial charge on any atom is 0.303 e. The second kappa shape index (κ2) is 13.5. The van der Waals surface area contributed by atoms with E-state index in [0.717, 1.165) is 32.7 Å². The Hall–Kier alpha value is -0.650. The Morgan fingerprint density at radius 3 is 2.19 bits per heavy atom. The standard InChI is InChI=1S/C22H40O5/c1-2-3-4-6-14-25-15-7-5-9-18-19(21-12-11-20(18)27-21)13-17-26-16-8-10-22(23)24/h18-21H,2-17H2,1H3,(H,23,24)/t18-,19+,20-,21+/m1/s1. The van der Waals surface area contributed by atoms with Crippen molar-refractivity contribution in [1.82, 2.24) is 0 Å². The Balaban J connectivity index is 1.53. The van der Waals surface area contributed by atoms with Gasteiger partial charge in [-0.25, -0.2) is 0 Å². The number of carbonyl (C=O) groups is 1. The van der Waals surface area contributed by atoms with Crippen LogP contribution >= 0.6 is 0 Å². The lowest BCUT2D eigenvalue weighted by Gasteiger charge is -2.28. The fourth-order valence-electron chi connectivity index (χ4n) is 4.63. The molecule has 0 aliphatic carbocycles. The Morgan fingerprint density at radius 1 is 0.852 bits per heavy atom. The van der Waals surface area contributed by atoms with Gasteiger partial charge in [-0.3, -0.25) is 4.79 Å². The van der Waals surface area contributed by atoms with Crippen LogP contribution in [0.1, 0.15) is 84.0 Å². The Bertz CT molecular complexity index is 400. The summed E-state index contributed by atoms with van der Waals surface area (Å²) < 4.78 is 17.6. The molecule has 0 aromatic heterocycles. The smallest absolute Gasteiger partial charge is 0.303 e. The first kappa shape index (κ1) is 22.6. The van der Waals surface area contributed by atoms with Gasteiger partial charge in [-0.15, -0.1) is 0 Å². The highest BCUT2D eigenvalue weighted by Crippen LogP contribution is 2.47. The summed E-state index contributed by atoms with van der Waals surface area (Å²) in [6, 6.07) is 0. The summed E-state index contributed by atoms with van der Waals surface area (Å²) in [5, 5.41) is 8.65. The van der Waals surface area contributed by atoms with Crippen LogP contribution in [0.3, 0.4) is 0 Å². The van der Waals surface area contributed by atoms with E-state index in [9.17, 15) is 4.79 Å². The predicted octanol–water partition coefficient (Wildman–Crippen LogP) is 4.82. The molecule has 2 aliphatic rings. The van der Waals surface area contributed by atoms with Gasteiger partial charge in [0.05, 0.1) is 12.2 Å². The zero-order valence-corrected chi connectivity index (χ0v) is 17.2. The van der Waals surface area contributed by atoms with E-state index in [1.807, 2.05) is 0 Å². The fraction of sp³-hybridized carbons (Fsp3) is 0.955. The minimum Gasteiger partial charge on any atom is -0.481 e. The van der Waals surface area contributed by atoms with Crippen molar-refractivity contribution >= 4 is 5.97 Å². The van der Waals surface area contributed by atoms with Crippen molar-refractivity contribution in [3.63, 3.8) is 0 Å². The average molecular weight is 385 g/mol. The summed E-state index contributed by atoms with van der Waals surface area (Å²) in [5.74, 6) is 0.555. The Kier molecular flexibility index (Phi) is 11.3. The van der Waals surface area contributed by atoms with Crippen LogP contribution in [-0.4, -0.2) is 49.7 Å². The minimum absolute atomic E-state index is 0.195. The van der Waals surface area contributed by atoms with Crippen molar-refractivity contribution in [3.05, 3.63) is 0 Å². The first-order chi connectivity index (χ1) is 13.2. The molecule has 2 bridgehead atoms. The van der Waals surface area contributed by atoms with Crippen molar-refractivity contribution in [2.45, 2.75) is 96.2 Å². The topological polar surface area (TPSA) is 65.0 Å². The highest BCUT2D eigenvalue weighted by Gasteiger charge is 2.47. The van der Waals surface area contributed by atoms with E-state index in [4.69, 9.17) is 19.3 Å². The fourth-order valence-corrected chi connectivity index (χ4v) is 4.63. The number of carboxylic acids is 1. The van der Waals surface area contributed by atoms with E-state index in [1.165, 1.54) is 51.4 Å². The number of carboxylic acid groups (broad SMARTS) is 1. The maximum absolute atomic E-state index is 10.5. The van der Waals surface area contributed by atoms with Crippen molar-refractivity contribution < 1.29 is 24.1 Å². The van der Waals surface area contributed by atoms with Crippen molar-refractivity contribution in [2.75, 3.05) is 26.4 Å². The molecule has 0 amide bonds. The molecule has 158 valence electrons.